The van der Waals surface area contributed by atoms with Crippen LogP contribution in [0.4, 0.5) is 0 Å². The molecular weight excluding hydrogens is 272 g/mol. The summed E-state index contributed by atoms with van der Waals surface area (Å²) in [4.78, 5) is 4.37. The van der Waals surface area contributed by atoms with Crippen molar-refractivity contribution >= 4 is 0 Å². The van der Waals surface area contributed by atoms with Crippen LogP contribution in [0.1, 0.15) is 45.0 Å². The molecule has 3 heteroatoms. The smallest absolute Gasteiger partial charge is 0.119 e. The van der Waals surface area contributed by atoms with Gasteiger partial charge in [0.1, 0.15) is 5.75 Å². The summed E-state index contributed by atoms with van der Waals surface area (Å²) in [5.41, 5.74) is 2.34. The summed E-state index contributed by atoms with van der Waals surface area (Å²) in [5.74, 6) is 1.42. The molecule has 0 bridgehead atoms. The minimum Gasteiger partial charge on any atom is -0.491 e. The van der Waals surface area contributed by atoms with Crippen molar-refractivity contribution in [1.82, 2.24) is 10.3 Å². The highest BCUT2D eigenvalue weighted by Crippen LogP contribution is 2.24. The van der Waals surface area contributed by atoms with E-state index in [0.29, 0.717) is 12.0 Å². The first-order valence-corrected chi connectivity index (χ1v) is 7.96. The lowest BCUT2D eigenvalue weighted by Crippen LogP contribution is -2.25. The lowest BCUT2D eigenvalue weighted by Gasteiger charge is -2.23. The van der Waals surface area contributed by atoms with Crippen LogP contribution < -0.4 is 10.1 Å². The summed E-state index contributed by atoms with van der Waals surface area (Å²) >= 11 is 0. The molecule has 1 aromatic carbocycles. The largest absolute Gasteiger partial charge is 0.491 e. The summed E-state index contributed by atoms with van der Waals surface area (Å²) < 4.78 is 5.71. The van der Waals surface area contributed by atoms with E-state index >= 15 is 0 Å². The van der Waals surface area contributed by atoms with Crippen LogP contribution in [-0.2, 0) is 6.54 Å². The minimum atomic E-state index is 0.203. The summed E-state index contributed by atoms with van der Waals surface area (Å²) in [6, 6.07) is 14.7. The third kappa shape index (κ3) is 4.85. The van der Waals surface area contributed by atoms with Crippen LogP contribution in [0.2, 0.25) is 0 Å². The third-order valence-electron chi connectivity index (χ3n) is 3.51. The first kappa shape index (κ1) is 16.5. The summed E-state index contributed by atoms with van der Waals surface area (Å²) in [5, 5.41) is 3.61. The summed E-state index contributed by atoms with van der Waals surface area (Å²) in [6.45, 7) is 9.32. The quantitative estimate of drug-likeness (QED) is 0.825. The van der Waals surface area contributed by atoms with Gasteiger partial charge in [-0.1, -0.05) is 32.0 Å². The molecule has 1 atom stereocenters. The van der Waals surface area contributed by atoms with Gasteiger partial charge in [-0.15, -0.1) is 0 Å². The van der Waals surface area contributed by atoms with Crippen LogP contribution in [0.5, 0.6) is 5.75 Å². The summed E-state index contributed by atoms with van der Waals surface area (Å²) in [6.07, 6.45) is 2.04. The Bertz CT molecular complexity index is 549. The number of ether oxygens (including phenoxy) is 1. The van der Waals surface area contributed by atoms with E-state index in [2.05, 4.69) is 36.3 Å². The number of aromatic nitrogens is 1. The van der Waals surface area contributed by atoms with Gasteiger partial charge in [-0.2, -0.15) is 0 Å². The van der Waals surface area contributed by atoms with E-state index in [-0.39, 0.29) is 6.10 Å². The van der Waals surface area contributed by atoms with Gasteiger partial charge in [0, 0.05) is 18.8 Å². The maximum absolute atomic E-state index is 5.71. The van der Waals surface area contributed by atoms with Gasteiger partial charge in [0.25, 0.3) is 0 Å². The van der Waals surface area contributed by atoms with Gasteiger partial charge in [-0.3, -0.25) is 4.98 Å². The van der Waals surface area contributed by atoms with Crippen LogP contribution in [0, 0.1) is 5.92 Å². The van der Waals surface area contributed by atoms with E-state index < -0.39 is 0 Å². The molecule has 1 heterocycles. The zero-order valence-corrected chi connectivity index (χ0v) is 13.9. The molecule has 0 aliphatic heterocycles. The van der Waals surface area contributed by atoms with Gasteiger partial charge in [0.15, 0.2) is 0 Å². The molecule has 0 aliphatic carbocycles. The maximum Gasteiger partial charge on any atom is 0.119 e. The van der Waals surface area contributed by atoms with E-state index in [1.54, 1.807) is 0 Å². The number of hydrogen-bond acceptors (Lipinski definition) is 3. The molecule has 0 amide bonds. The van der Waals surface area contributed by atoms with Crippen LogP contribution in [0.25, 0.3) is 0 Å². The Labute approximate surface area is 133 Å². The predicted molar refractivity (Wildman–Crippen MR) is 90.9 cm³/mol. The highest BCUT2D eigenvalue weighted by Gasteiger charge is 2.15. The Hall–Kier alpha value is -1.87. The predicted octanol–water partition coefficient (Wildman–Crippen LogP) is 4.36. The topological polar surface area (TPSA) is 34.1 Å². The fourth-order valence-corrected chi connectivity index (χ4v) is 2.48. The Balaban J connectivity index is 2.04. The standard InChI is InChI=1S/C19H26N2O/c1-14(2)19(21-13-17-7-5-6-12-20-17)16-8-10-18(11-9-16)22-15(3)4/h5-12,14-15,19,21H,13H2,1-4H3. The second kappa shape index (κ2) is 7.95. The molecule has 0 saturated heterocycles. The summed E-state index contributed by atoms with van der Waals surface area (Å²) in [7, 11) is 0. The molecule has 1 aromatic heterocycles. The second-order valence-electron chi connectivity index (χ2n) is 6.16. The van der Waals surface area contributed by atoms with Crippen molar-refractivity contribution in [3.8, 4) is 5.75 Å². The van der Waals surface area contributed by atoms with Gasteiger partial charge in [-0.05, 0) is 49.6 Å². The molecule has 1 N–H and O–H groups in total. The Morgan fingerprint density at radius 1 is 1.00 bits per heavy atom. The van der Waals surface area contributed by atoms with Gasteiger partial charge in [-0.25, -0.2) is 0 Å². The lowest BCUT2D eigenvalue weighted by atomic mass is 9.96. The van der Waals surface area contributed by atoms with Crippen LogP contribution in [-0.4, -0.2) is 11.1 Å². The fourth-order valence-electron chi connectivity index (χ4n) is 2.48. The number of benzene rings is 1. The van der Waals surface area contributed by atoms with Crippen molar-refractivity contribution in [3.63, 3.8) is 0 Å². The molecule has 1 unspecified atom stereocenters. The van der Waals surface area contributed by atoms with Crippen molar-refractivity contribution in [2.45, 2.75) is 46.4 Å². The molecule has 2 rings (SSSR count). The Morgan fingerprint density at radius 2 is 1.73 bits per heavy atom. The Kier molecular flexibility index (Phi) is 5.96. The average Bonchev–Trinajstić information content (AvgIpc) is 2.49. The molecule has 2 aromatic rings. The lowest BCUT2D eigenvalue weighted by molar-refractivity contribution is 0.242. The second-order valence-corrected chi connectivity index (χ2v) is 6.16. The molecule has 22 heavy (non-hydrogen) atoms. The van der Waals surface area contributed by atoms with Crippen molar-refractivity contribution in [3.05, 3.63) is 59.9 Å². The first-order valence-electron chi connectivity index (χ1n) is 7.96. The number of pyridine rings is 1. The number of rotatable bonds is 7. The SMILES string of the molecule is CC(C)Oc1ccc(C(NCc2ccccn2)C(C)C)cc1. The normalized spacial score (nSPS) is 12.6. The average molecular weight is 298 g/mol. The van der Waals surface area contributed by atoms with E-state index in [1.165, 1.54) is 5.56 Å². The monoisotopic (exact) mass is 298 g/mol. The molecule has 0 radical (unpaired) electrons. The van der Waals surface area contributed by atoms with E-state index in [4.69, 9.17) is 4.74 Å². The number of nitrogens with zero attached hydrogens (tertiary/aromatic N) is 1. The van der Waals surface area contributed by atoms with E-state index in [1.807, 2.05) is 50.4 Å². The first-order chi connectivity index (χ1) is 10.6. The highest BCUT2D eigenvalue weighted by atomic mass is 16.5. The van der Waals surface area contributed by atoms with Crippen LogP contribution in [0.3, 0.4) is 0 Å². The van der Waals surface area contributed by atoms with Crippen molar-refractivity contribution in [1.29, 1.82) is 0 Å². The molecule has 0 aliphatic rings. The molecule has 0 fully saturated rings. The van der Waals surface area contributed by atoms with Gasteiger partial charge < -0.3 is 10.1 Å². The fraction of sp³-hybridized carbons (Fsp3) is 0.421. The van der Waals surface area contributed by atoms with Gasteiger partial charge in [0.2, 0.25) is 0 Å². The van der Waals surface area contributed by atoms with E-state index in [0.717, 1.165) is 18.0 Å². The zero-order valence-electron chi connectivity index (χ0n) is 13.9. The van der Waals surface area contributed by atoms with Crippen LogP contribution >= 0.6 is 0 Å². The maximum atomic E-state index is 5.71. The molecule has 118 valence electrons. The third-order valence-corrected chi connectivity index (χ3v) is 3.51. The van der Waals surface area contributed by atoms with Crippen LogP contribution in [0.15, 0.2) is 48.7 Å². The molecular formula is C19H26N2O. The zero-order chi connectivity index (χ0) is 15.9. The number of nitrogens with one attached hydrogen (secondary N) is 1. The molecule has 3 nitrogen and oxygen atoms in total. The number of hydrogen-bond donors (Lipinski definition) is 1. The van der Waals surface area contributed by atoms with Gasteiger partial charge >= 0.3 is 0 Å². The van der Waals surface area contributed by atoms with E-state index in [9.17, 15) is 0 Å². The van der Waals surface area contributed by atoms with Gasteiger partial charge in [0.05, 0.1) is 11.8 Å². The van der Waals surface area contributed by atoms with Crippen molar-refractivity contribution in [2.75, 3.05) is 0 Å². The highest BCUT2D eigenvalue weighted by molar-refractivity contribution is 5.29. The Morgan fingerprint density at radius 3 is 2.27 bits per heavy atom. The minimum absolute atomic E-state index is 0.203. The molecule has 0 saturated carbocycles. The van der Waals surface area contributed by atoms with Crippen molar-refractivity contribution in [2.24, 2.45) is 5.92 Å². The molecule has 0 spiro atoms. The van der Waals surface area contributed by atoms with Crippen molar-refractivity contribution < 1.29 is 4.74 Å².